The van der Waals surface area contributed by atoms with E-state index in [9.17, 15) is 4.57 Å². The molecule has 0 aliphatic carbocycles. The molecule has 0 heterocycles. The minimum atomic E-state index is -2.81. The first kappa shape index (κ1) is 13.2. The van der Waals surface area contributed by atoms with E-state index in [0.29, 0.717) is 0 Å². The van der Waals surface area contributed by atoms with Gasteiger partial charge in [-0.25, -0.2) is 0 Å². The first-order valence-electron chi connectivity index (χ1n) is 2.00. The van der Waals surface area contributed by atoms with Crippen LogP contribution in [0.5, 0.6) is 0 Å². The van der Waals surface area contributed by atoms with Gasteiger partial charge in [-0.15, -0.1) is 9.42 Å². The molecule has 0 amide bonds. The number of hydrogen-bond acceptors (Lipinski definition) is 3. The molecule has 0 saturated heterocycles. The van der Waals surface area contributed by atoms with Crippen molar-refractivity contribution in [2.75, 3.05) is 13.8 Å². The zero-order valence-electron chi connectivity index (χ0n) is 5.46. The summed E-state index contributed by atoms with van der Waals surface area (Å²) >= 11 is 4.05. The Kier molecular flexibility index (Phi) is 8.33. The summed E-state index contributed by atoms with van der Waals surface area (Å²) in [4.78, 5) is 23.7. The summed E-state index contributed by atoms with van der Waals surface area (Å²) in [5.74, 6) is 0. The summed E-state index contributed by atoms with van der Waals surface area (Å²) in [6.07, 6.45) is 0. The molecule has 8 heteroatoms. The van der Waals surface area contributed by atoms with E-state index in [4.69, 9.17) is 14.7 Å². The summed E-state index contributed by atoms with van der Waals surface area (Å²) in [5, 5.41) is 0. The lowest BCUT2D eigenvalue weighted by Gasteiger charge is -1.90. The Balaban J connectivity index is 0. The predicted molar refractivity (Wildman–Crippen MR) is 41.5 cm³/mol. The molecule has 0 saturated carbocycles. The minimum Gasteiger partial charge on any atom is -0.345 e. The molecule has 0 rings (SSSR count). The van der Waals surface area contributed by atoms with E-state index in [-0.39, 0.29) is 0 Å². The molecular formula is C2H9O5P2S+. The van der Waals surface area contributed by atoms with Gasteiger partial charge in [-0.3, -0.25) is 0 Å². The second-order valence-corrected chi connectivity index (χ2v) is 5.84. The lowest BCUT2D eigenvalue weighted by atomic mass is 11.8. The van der Waals surface area contributed by atoms with Crippen molar-refractivity contribution >= 4 is 26.6 Å². The van der Waals surface area contributed by atoms with Crippen LogP contribution in [0.3, 0.4) is 0 Å². The van der Waals surface area contributed by atoms with Crippen LogP contribution in [0.15, 0.2) is 0 Å². The van der Waals surface area contributed by atoms with Crippen molar-refractivity contribution in [3.05, 3.63) is 0 Å². The number of hydrogen-bond donors (Lipinski definition) is 3. The van der Waals surface area contributed by atoms with Gasteiger partial charge in [0.05, 0.1) is 7.11 Å². The third-order valence-corrected chi connectivity index (χ3v) is 0.469. The molecule has 1 atom stereocenters. The molecule has 0 radical (unpaired) electrons. The Morgan fingerprint density at radius 2 is 1.70 bits per heavy atom. The average Bonchev–Trinajstić information content (AvgIpc) is 1.61. The second-order valence-electron chi connectivity index (χ2n) is 1.26. The van der Waals surface area contributed by atoms with Gasteiger partial charge in [0.15, 0.2) is 6.49 Å². The Bertz CT molecular complexity index is 132. The van der Waals surface area contributed by atoms with Crippen LogP contribution in [0.25, 0.3) is 0 Å². The lowest BCUT2D eigenvalue weighted by Crippen LogP contribution is -1.63. The van der Waals surface area contributed by atoms with Crippen molar-refractivity contribution in [3.63, 3.8) is 0 Å². The van der Waals surface area contributed by atoms with Crippen molar-refractivity contribution < 1.29 is 23.8 Å². The fraction of sp³-hybridized carbons (Fsp3) is 1.00. The molecule has 10 heavy (non-hydrogen) atoms. The maximum atomic E-state index is 9.29. The molecule has 5 nitrogen and oxygen atoms in total. The molecule has 0 aromatic carbocycles. The van der Waals surface area contributed by atoms with Gasteiger partial charge in [-0.2, -0.15) is 0 Å². The summed E-state index contributed by atoms with van der Waals surface area (Å²) in [6, 6.07) is 0. The highest BCUT2D eigenvalue weighted by molar-refractivity contribution is 8.08. The molecule has 1 unspecified atom stereocenters. The van der Waals surface area contributed by atoms with Crippen molar-refractivity contribution in [1.29, 1.82) is 0 Å². The van der Waals surface area contributed by atoms with Crippen molar-refractivity contribution in [2.45, 2.75) is 0 Å². The van der Waals surface area contributed by atoms with Crippen LogP contribution in [0.4, 0.5) is 0 Å². The zero-order chi connectivity index (χ0) is 8.78. The molecule has 0 bridgehead atoms. The van der Waals surface area contributed by atoms with E-state index >= 15 is 0 Å². The SMILES string of the molecule is CO[P+](=O)O.CP(O)(O)=S. The van der Waals surface area contributed by atoms with E-state index in [1.54, 1.807) is 0 Å². The van der Waals surface area contributed by atoms with E-state index in [2.05, 4.69) is 16.3 Å². The van der Waals surface area contributed by atoms with E-state index < -0.39 is 14.7 Å². The van der Waals surface area contributed by atoms with E-state index in [1.165, 1.54) is 13.8 Å². The van der Waals surface area contributed by atoms with Crippen LogP contribution in [-0.2, 0) is 20.9 Å². The largest absolute Gasteiger partial charge is 0.694 e. The Hall–Kier alpha value is 0.590. The van der Waals surface area contributed by atoms with Crippen LogP contribution in [-0.4, -0.2) is 28.5 Å². The van der Waals surface area contributed by atoms with Crippen LogP contribution in [0.1, 0.15) is 0 Å². The van der Waals surface area contributed by atoms with Crippen molar-refractivity contribution in [1.82, 2.24) is 0 Å². The fourth-order valence-corrected chi connectivity index (χ4v) is 0. The minimum absolute atomic E-state index is 1.17. The van der Waals surface area contributed by atoms with Crippen LogP contribution >= 0.6 is 14.7 Å². The first-order chi connectivity index (χ1) is 4.27. The molecule has 0 spiro atoms. The molecule has 0 aromatic rings. The Morgan fingerprint density at radius 3 is 1.70 bits per heavy atom. The van der Waals surface area contributed by atoms with Gasteiger partial charge in [-0.1, -0.05) is 0 Å². The van der Waals surface area contributed by atoms with E-state index in [0.717, 1.165) is 0 Å². The van der Waals surface area contributed by atoms with Gasteiger partial charge in [0.2, 0.25) is 0 Å². The maximum absolute atomic E-state index is 9.29. The third kappa shape index (κ3) is 73.8. The summed E-state index contributed by atoms with van der Waals surface area (Å²) in [6.45, 7) is -1.58. The first-order valence-corrected chi connectivity index (χ1v) is 6.29. The molecule has 0 aliphatic heterocycles. The Morgan fingerprint density at radius 1 is 1.60 bits per heavy atom. The fourth-order valence-electron chi connectivity index (χ4n) is 0. The van der Waals surface area contributed by atoms with Crippen molar-refractivity contribution in [3.8, 4) is 0 Å². The predicted octanol–water partition coefficient (Wildman–Crippen LogP) is 0.193. The quantitative estimate of drug-likeness (QED) is 0.532. The molecule has 0 aromatic heterocycles. The van der Waals surface area contributed by atoms with Gasteiger partial charge in [0.1, 0.15) is 0 Å². The van der Waals surface area contributed by atoms with Crippen LogP contribution in [0.2, 0.25) is 0 Å². The van der Waals surface area contributed by atoms with Crippen molar-refractivity contribution in [2.24, 2.45) is 0 Å². The maximum Gasteiger partial charge on any atom is 0.694 e. The highest BCUT2D eigenvalue weighted by Crippen LogP contribution is 2.27. The zero-order valence-corrected chi connectivity index (χ0v) is 8.07. The van der Waals surface area contributed by atoms with Crippen LogP contribution in [0, 0.1) is 0 Å². The topological polar surface area (TPSA) is 87.0 Å². The van der Waals surface area contributed by atoms with Gasteiger partial charge >= 0.3 is 8.25 Å². The molecule has 3 N–H and O–H groups in total. The van der Waals surface area contributed by atoms with Gasteiger partial charge in [0, 0.05) is 11.2 Å². The van der Waals surface area contributed by atoms with Gasteiger partial charge < -0.3 is 9.79 Å². The van der Waals surface area contributed by atoms with Crippen LogP contribution < -0.4 is 0 Å². The third-order valence-electron chi connectivity index (χ3n) is 0.156. The summed E-state index contributed by atoms with van der Waals surface area (Å²) < 4.78 is 13.1. The standard InChI is InChI=1S/CH3O3P.CH5O2PS/c1-4-5(2)3;1-4(2,3)5/h1H3;1H3,(H2,2,3,5)/p+1. The lowest BCUT2D eigenvalue weighted by molar-refractivity contribution is 0.343. The Labute approximate surface area is 64.8 Å². The highest BCUT2D eigenvalue weighted by atomic mass is 32.5. The molecule has 62 valence electrons. The average molecular weight is 207 g/mol. The summed E-state index contributed by atoms with van der Waals surface area (Å²) in [7, 11) is -1.18. The monoisotopic (exact) mass is 207 g/mol. The second kappa shape index (κ2) is 6.31. The summed E-state index contributed by atoms with van der Waals surface area (Å²) in [5.41, 5.74) is 0. The van der Waals surface area contributed by atoms with Gasteiger partial charge in [-0.05, 0) is 11.8 Å². The van der Waals surface area contributed by atoms with E-state index in [1.807, 2.05) is 0 Å². The number of rotatable bonds is 1. The normalized spacial score (nSPS) is 11.5. The highest BCUT2D eigenvalue weighted by Gasteiger charge is 2.02. The molecule has 0 fully saturated rings. The molecular weight excluding hydrogens is 198 g/mol. The van der Waals surface area contributed by atoms with Gasteiger partial charge in [0.25, 0.3) is 0 Å². The smallest absolute Gasteiger partial charge is 0.345 e. The molecule has 0 aliphatic rings.